The lowest BCUT2D eigenvalue weighted by Gasteiger charge is -2.10. The van der Waals surface area contributed by atoms with Gasteiger partial charge < -0.3 is 10.1 Å². The first-order valence-corrected chi connectivity index (χ1v) is 8.00. The third-order valence-corrected chi connectivity index (χ3v) is 3.99. The Morgan fingerprint density at radius 3 is 2.56 bits per heavy atom. The monoisotopic (exact) mass is 337 g/mol. The largest absolute Gasteiger partial charge is 0.497 e. The summed E-state index contributed by atoms with van der Waals surface area (Å²) in [6.07, 6.45) is 0.269. The summed E-state index contributed by atoms with van der Waals surface area (Å²) in [4.78, 5) is 24.7. The van der Waals surface area contributed by atoms with Gasteiger partial charge in [0.25, 0.3) is 0 Å². The molecule has 25 heavy (non-hydrogen) atoms. The molecule has 0 saturated carbocycles. The predicted octanol–water partition coefficient (Wildman–Crippen LogP) is 1.91. The van der Waals surface area contributed by atoms with Gasteiger partial charge in [0.05, 0.1) is 7.11 Å². The van der Waals surface area contributed by atoms with Gasteiger partial charge >= 0.3 is 0 Å². The van der Waals surface area contributed by atoms with Gasteiger partial charge in [0.15, 0.2) is 0 Å². The molecule has 0 spiro atoms. The van der Waals surface area contributed by atoms with Crippen molar-refractivity contribution < 1.29 is 14.3 Å². The van der Waals surface area contributed by atoms with E-state index in [2.05, 4.69) is 15.8 Å². The van der Waals surface area contributed by atoms with Crippen LogP contribution in [0, 0.1) is 0 Å². The summed E-state index contributed by atoms with van der Waals surface area (Å²) in [7, 11) is 1.57. The lowest BCUT2D eigenvalue weighted by atomic mass is 10.0. The number of hydrazone groups is 1. The molecule has 1 aliphatic rings. The molecule has 1 heterocycles. The highest BCUT2D eigenvalue weighted by atomic mass is 16.5. The Morgan fingerprint density at radius 1 is 1.16 bits per heavy atom. The molecule has 0 bridgehead atoms. The number of Topliss-reactive ketones (excluding diaryl/α,β-unsaturated/α-hetero) is 1. The van der Waals surface area contributed by atoms with Gasteiger partial charge in [-0.2, -0.15) is 5.10 Å². The van der Waals surface area contributed by atoms with Crippen LogP contribution in [0.3, 0.4) is 0 Å². The van der Waals surface area contributed by atoms with Crippen molar-refractivity contribution >= 4 is 17.4 Å². The van der Waals surface area contributed by atoms with Gasteiger partial charge in [-0.1, -0.05) is 30.3 Å². The Labute approximate surface area is 145 Å². The minimum Gasteiger partial charge on any atom is -0.497 e. The topological polar surface area (TPSA) is 79.8 Å². The SMILES string of the molecule is COc1ccc(C(=O)C2=NNC(C(=O)NCc3ccccc3)C2)cc1. The lowest BCUT2D eigenvalue weighted by molar-refractivity contribution is -0.122. The van der Waals surface area contributed by atoms with Crippen molar-refractivity contribution in [1.29, 1.82) is 0 Å². The highest BCUT2D eigenvalue weighted by molar-refractivity contribution is 6.46. The van der Waals surface area contributed by atoms with Crippen molar-refractivity contribution in [2.75, 3.05) is 7.11 Å². The maximum Gasteiger partial charge on any atom is 0.244 e. The Bertz CT molecular complexity index is 785. The van der Waals surface area contributed by atoms with Crippen molar-refractivity contribution in [2.45, 2.75) is 19.0 Å². The van der Waals surface area contributed by atoms with E-state index >= 15 is 0 Å². The summed E-state index contributed by atoms with van der Waals surface area (Å²) in [5.41, 5.74) is 4.64. The number of amides is 1. The van der Waals surface area contributed by atoms with Crippen LogP contribution in [-0.2, 0) is 11.3 Å². The first-order chi connectivity index (χ1) is 12.2. The number of methoxy groups -OCH3 is 1. The summed E-state index contributed by atoms with van der Waals surface area (Å²) in [6, 6.07) is 15.9. The van der Waals surface area contributed by atoms with Crippen LogP contribution in [0.25, 0.3) is 0 Å². The smallest absolute Gasteiger partial charge is 0.244 e. The van der Waals surface area contributed by atoms with E-state index in [9.17, 15) is 9.59 Å². The average Bonchev–Trinajstić information content (AvgIpc) is 3.17. The van der Waals surface area contributed by atoms with E-state index in [0.717, 1.165) is 5.56 Å². The van der Waals surface area contributed by atoms with Crippen LogP contribution in [-0.4, -0.2) is 30.6 Å². The van der Waals surface area contributed by atoms with Crippen molar-refractivity contribution in [2.24, 2.45) is 5.10 Å². The van der Waals surface area contributed by atoms with Gasteiger partial charge in [0.2, 0.25) is 11.7 Å². The minimum atomic E-state index is -0.527. The maximum absolute atomic E-state index is 12.5. The van der Waals surface area contributed by atoms with Crippen molar-refractivity contribution in [3.05, 3.63) is 65.7 Å². The Hall–Kier alpha value is -3.15. The van der Waals surface area contributed by atoms with Gasteiger partial charge in [0.1, 0.15) is 17.5 Å². The Kier molecular flexibility index (Phi) is 5.09. The second-order valence-electron chi connectivity index (χ2n) is 5.71. The zero-order valence-corrected chi connectivity index (χ0v) is 13.9. The fourth-order valence-corrected chi connectivity index (χ4v) is 2.55. The van der Waals surface area contributed by atoms with Gasteiger partial charge in [0, 0.05) is 18.5 Å². The quantitative estimate of drug-likeness (QED) is 0.789. The van der Waals surface area contributed by atoms with Gasteiger partial charge in [-0.3, -0.25) is 15.0 Å². The van der Waals surface area contributed by atoms with Crippen molar-refractivity contribution in [1.82, 2.24) is 10.7 Å². The van der Waals surface area contributed by atoms with Crippen LogP contribution in [0.4, 0.5) is 0 Å². The van der Waals surface area contributed by atoms with Crippen LogP contribution < -0.4 is 15.5 Å². The van der Waals surface area contributed by atoms with Crippen LogP contribution in [0.5, 0.6) is 5.75 Å². The molecule has 0 saturated heterocycles. The lowest BCUT2D eigenvalue weighted by Crippen LogP contribution is -2.39. The number of ether oxygens (including phenoxy) is 1. The zero-order valence-electron chi connectivity index (χ0n) is 13.9. The molecule has 6 heteroatoms. The molecule has 2 aromatic rings. The Balaban J connectivity index is 1.54. The van der Waals surface area contributed by atoms with Crippen LogP contribution >= 0.6 is 0 Å². The number of nitrogens with zero attached hydrogens (tertiary/aromatic N) is 1. The molecule has 1 amide bonds. The molecule has 0 aromatic heterocycles. The molecule has 1 unspecified atom stereocenters. The molecule has 0 radical (unpaired) electrons. The first-order valence-electron chi connectivity index (χ1n) is 8.00. The fourth-order valence-electron chi connectivity index (χ4n) is 2.55. The number of carbonyl (C=O) groups excluding carboxylic acids is 2. The summed E-state index contributed by atoms with van der Waals surface area (Å²) in [5, 5.41) is 6.89. The number of benzene rings is 2. The Morgan fingerprint density at radius 2 is 1.88 bits per heavy atom. The number of nitrogens with one attached hydrogen (secondary N) is 2. The number of hydrogen-bond donors (Lipinski definition) is 2. The molecule has 2 N–H and O–H groups in total. The van der Waals surface area contributed by atoms with E-state index < -0.39 is 6.04 Å². The highest BCUT2D eigenvalue weighted by Gasteiger charge is 2.29. The van der Waals surface area contributed by atoms with Gasteiger partial charge in [-0.15, -0.1) is 0 Å². The molecule has 2 aromatic carbocycles. The second-order valence-corrected chi connectivity index (χ2v) is 5.71. The highest BCUT2D eigenvalue weighted by Crippen LogP contribution is 2.15. The van der Waals surface area contributed by atoms with Crippen LogP contribution in [0.15, 0.2) is 59.7 Å². The molecule has 0 fully saturated rings. The van der Waals surface area contributed by atoms with E-state index in [4.69, 9.17) is 4.74 Å². The third kappa shape index (κ3) is 4.03. The van der Waals surface area contributed by atoms with Gasteiger partial charge in [-0.05, 0) is 29.8 Å². The number of rotatable bonds is 6. The normalized spacial score (nSPS) is 15.9. The summed E-state index contributed by atoms with van der Waals surface area (Å²) in [6.45, 7) is 0.444. The van der Waals surface area contributed by atoms with Crippen molar-refractivity contribution in [3.8, 4) is 5.75 Å². The van der Waals surface area contributed by atoms with E-state index in [0.29, 0.717) is 23.6 Å². The maximum atomic E-state index is 12.5. The number of ketones is 1. The second kappa shape index (κ2) is 7.61. The standard InChI is InChI=1S/C19H19N3O3/c1-25-15-9-7-14(8-10-15)18(23)16-11-17(22-21-16)19(24)20-12-13-5-3-2-4-6-13/h2-10,17,22H,11-12H2,1H3,(H,20,24). The summed E-state index contributed by atoms with van der Waals surface area (Å²) >= 11 is 0. The van der Waals surface area contributed by atoms with Crippen LogP contribution in [0.2, 0.25) is 0 Å². The van der Waals surface area contributed by atoms with Crippen LogP contribution in [0.1, 0.15) is 22.3 Å². The fraction of sp³-hybridized carbons (Fsp3) is 0.211. The molecular weight excluding hydrogens is 318 g/mol. The molecular formula is C19H19N3O3. The molecule has 6 nitrogen and oxygen atoms in total. The van der Waals surface area contributed by atoms with Crippen molar-refractivity contribution in [3.63, 3.8) is 0 Å². The minimum absolute atomic E-state index is 0.176. The zero-order chi connectivity index (χ0) is 17.6. The summed E-state index contributed by atoms with van der Waals surface area (Å²) < 4.78 is 5.08. The number of hydrogen-bond acceptors (Lipinski definition) is 5. The molecule has 1 aliphatic heterocycles. The molecule has 128 valence electrons. The van der Waals surface area contributed by atoms with E-state index in [1.165, 1.54) is 0 Å². The third-order valence-electron chi connectivity index (χ3n) is 3.99. The molecule has 3 rings (SSSR count). The summed E-state index contributed by atoms with van der Waals surface area (Å²) in [5.74, 6) is 0.319. The molecule has 0 aliphatic carbocycles. The number of carbonyl (C=O) groups is 2. The van der Waals surface area contributed by atoms with Gasteiger partial charge in [-0.25, -0.2) is 0 Å². The molecule has 1 atom stereocenters. The van der Waals surface area contributed by atoms with E-state index in [-0.39, 0.29) is 18.1 Å². The first kappa shape index (κ1) is 16.7. The van der Waals surface area contributed by atoms with E-state index in [1.807, 2.05) is 30.3 Å². The van der Waals surface area contributed by atoms with E-state index in [1.54, 1.807) is 31.4 Å². The predicted molar refractivity (Wildman–Crippen MR) is 94.6 cm³/mol. The average molecular weight is 337 g/mol.